The number of hydrogen-bond acceptors (Lipinski definition) is 3. The molecule has 2 unspecified atom stereocenters. The minimum absolute atomic E-state index is 0.684. The highest BCUT2D eigenvalue weighted by Gasteiger charge is 2.38. The number of nitrogens with zero attached hydrogens (tertiary/aromatic N) is 3. The largest absolute Gasteiger partial charge is 0.381 e. The van der Waals surface area contributed by atoms with E-state index in [0.29, 0.717) is 5.92 Å². The van der Waals surface area contributed by atoms with Crippen LogP contribution in [0.2, 0.25) is 0 Å². The van der Waals surface area contributed by atoms with E-state index in [1.54, 1.807) is 0 Å². The van der Waals surface area contributed by atoms with Crippen molar-refractivity contribution in [2.24, 2.45) is 13.0 Å². The van der Waals surface area contributed by atoms with E-state index in [0.717, 1.165) is 25.2 Å². The summed E-state index contributed by atoms with van der Waals surface area (Å²) in [6.45, 7) is 4.52. The van der Waals surface area contributed by atoms with Crippen LogP contribution in [0, 0.1) is 5.92 Å². The summed E-state index contributed by atoms with van der Waals surface area (Å²) in [6, 6.07) is 0.740. The maximum absolute atomic E-state index is 5.51. The molecule has 2 fully saturated rings. The molecule has 116 valence electrons. The van der Waals surface area contributed by atoms with Gasteiger partial charge in [-0.15, -0.1) is 0 Å². The number of rotatable bonds is 2. The Hall–Kier alpha value is -0.870. The normalized spacial score (nSPS) is 30.9. The van der Waals surface area contributed by atoms with Crippen LogP contribution >= 0.6 is 0 Å². The predicted molar refractivity (Wildman–Crippen MR) is 82.4 cm³/mol. The Morgan fingerprint density at radius 2 is 2.10 bits per heavy atom. The molecule has 2 saturated heterocycles. The average Bonchev–Trinajstić information content (AvgIpc) is 2.91. The number of aryl methyl sites for hydroxylation is 1. The first-order chi connectivity index (χ1) is 10.3. The lowest BCUT2D eigenvalue weighted by Gasteiger charge is -2.45. The van der Waals surface area contributed by atoms with Gasteiger partial charge in [0.05, 0.1) is 12.0 Å². The van der Waals surface area contributed by atoms with Crippen molar-refractivity contribution in [2.75, 3.05) is 26.3 Å². The van der Waals surface area contributed by atoms with Crippen LogP contribution in [0.15, 0.2) is 6.33 Å². The van der Waals surface area contributed by atoms with Crippen LogP contribution < -0.4 is 0 Å². The van der Waals surface area contributed by atoms with Crippen LogP contribution in [0.1, 0.15) is 49.4 Å². The number of aromatic nitrogens is 2. The molecule has 0 amide bonds. The van der Waals surface area contributed by atoms with E-state index in [2.05, 4.69) is 16.5 Å². The number of ether oxygens (including phenoxy) is 1. The zero-order chi connectivity index (χ0) is 14.2. The summed E-state index contributed by atoms with van der Waals surface area (Å²) in [5, 5.41) is 0. The second kappa shape index (κ2) is 5.73. The molecule has 0 bridgehead atoms. The highest BCUT2D eigenvalue weighted by Crippen LogP contribution is 2.40. The lowest BCUT2D eigenvalue weighted by molar-refractivity contribution is 0.0308. The summed E-state index contributed by atoms with van der Waals surface area (Å²) in [7, 11) is 2.15. The van der Waals surface area contributed by atoms with Crippen molar-refractivity contribution < 1.29 is 4.74 Å². The third-order valence-electron chi connectivity index (χ3n) is 5.85. The second-order valence-electron chi connectivity index (χ2n) is 7.09. The van der Waals surface area contributed by atoms with Gasteiger partial charge in [0.2, 0.25) is 0 Å². The summed E-state index contributed by atoms with van der Waals surface area (Å²) >= 11 is 0. The SMILES string of the molecule is Cn1cnc2c1CCC1C2CCCN1CC1CCOCC1. The molecule has 1 aromatic rings. The summed E-state index contributed by atoms with van der Waals surface area (Å²) in [5.41, 5.74) is 2.90. The van der Waals surface area contributed by atoms with Gasteiger partial charge in [-0.25, -0.2) is 4.98 Å². The molecule has 0 radical (unpaired) electrons. The van der Waals surface area contributed by atoms with Crippen molar-refractivity contribution >= 4 is 0 Å². The van der Waals surface area contributed by atoms with E-state index in [1.165, 1.54) is 63.0 Å². The highest BCUT2D eigenvalue weighted by molar-refractivity contribution is 5.24. The minimum atomic E-state index is 0.684. The molecule has 1 aliphatic carbocycles. The van der Waals surface area contributed by atoms with Gasteiger partial charge >= 0.3 is 0 Å². The van der Waals surface area contributed by atoms with Crippen LogP contribution in [0.4, 0.5) is 0 Å². The zero-order valence-electron chi connectivity index (χ0n) is 13.1. The molecule has 4 nitrogen and oxygen atoms in total. The van der Waals surface area contributed by atoms with Gasteiger partial charge in [0.1, 0.15) is 0 Å². The number of hydrogen-bond donors (Lipinski definition) is 0. The van der Waals surface area contributed by atoms with E-state index in [-0.39, 0.29) is 0 Å². The first kappa shape index (κ1) is 13.8. The van der Waals surface area contributed by atoms with Crippen molar-refractivity contribution in [3.05, 3.63) is 17.7 Å². The summed E-state index contributed by atoms with van der Waals surface area (Å²) < 4.78 is 7.75. The Kier molecular flexibility index (Phi) is 3.76. The highest BCUT2D eigenvalue weighted by atomic mass is 16.5. The standard InChI is InChI=1S/C17H27N3O/c1-19-12-18-17-14-3-2-8-20(15(14)4-5-16(17)19)11-13-6-9-21-10-7-13/h12-15H,2-11H2,1H3. The zero-order valence-corrected chi connectivity index (χ0v) is 13.1. The molecular formula is C17H27N3O. The molecule has 21 heavy (non-hydrogen) atoms. The molecule has 3 heterocycles. The average molecular weight is 289 g/mol. The van der Waals surface area contributed by atoms with E-state index in [1.807, 2.05) is 6.33 Å². The van der Waals surface area contributed by atoms with Gasteiger partial charge in [-0.3, -0.25) is 4.90 Å². The van der Waals surface area contributed by atoms with Crippen LogP contribution in [0.5, 0.6) is 0 Å². The lowest BCUT2D eigenvalue weighted by atomic mass is 9.78. The third-order valence-corrected chi connectivity index (χ3v) is 5.85. The van der Waals surface area contributed by atoms with Crippen molar-refractivity contribution in [3.8, 4) is 0 Å². The molecule has 0 spiro atoms. The summed E-state index contributed by atoms with van der Waals surface area (Å²) in [6.07, 6.45) is 9.72. The van der Waals surface area contributed by atoms with Gasteiger partial charge in [0.25, 0.3) is 0 Å². The first-order valence-electron chi connectivity index (χ1n) is 8.65. The van der Waals surface area contributed by atoms with Crippen molar-refractivity contribution in [3.63, 3.8) is 0 Å². The molecule has 3 aliphatic rings. The van der Waals surface area contributed by atoms with Gasteiger partial charge in [-0.05, 0) is 51.0 Å². The molecule has 2 atom stereocenters. The van der Waals surface area contributed by atoms with Gasteiger partial charge in [-0.1, -0.05) is 0 Å². The van der Waals surface area contributed by atoms with E-state index < -0.39 is 0 Å². The Balaban J connectivity index is 1.50. The van der Waals surface area contributed by atoms with Crippen molar-refractivity contribution in [2.45, 2.75) is 50.5 Å². The van der Waals surface area contributed by atoms with E-state index in [9.17, 15) is 0 Å². The molecule has 4 rings (SSSR count). The smallest absolute Gasteiger partial charge is 0.0949 e. The molecule has 4 heteroatoms. The van der Waals surface area contributed by atoms with E-state index in [4.69, 9.17) is 9.72 Å². The van der Waals surface area contributed by atoms with E-state index >= 15 is 0 Å². The minimum Gasteiger partial charge on any atom is -0.381 e. The van der Waals surface area contributed by atoms with Crippen LogP contribution in [-0.4, -0.2) is 46.8 Å². The number of imidazole rings is 1. The molecular weight excluding hydrogens is 262 g/mol. The molecule has 0 N–H and O–H groups in total. The molecule has 0 aromatic carbocycles. The van der Waals surface area contributed by atoms with Gasteiger partial charge in [0, 0.05) is 44.5 Å². The fraction of sp³-hybridized carbons (Fsp3) is 0.824. The Morgan fingerprint density at radius 1 is 1.24 bits per heavy atom. The van der Waals surface area contributed by atoms with Gasteiger partial charge in [0.15, 0.2) is 0 Å². The van der Waals surface area contributed by atoms with Gasteiger partial charge < -0.3 is 9.30 Å². The van der Waals surface area contributed by atoms with Gasteiger partial charge in [-0.2, -0.15) is 0 Å². The summed E-state index contributed by atoms with van der Waals surface area (Å²) in [5.74, 6) is 1.53. The fourth-order valence-electron chi connectivity index (χ4n) is 4.69. The number of likely N-dealkylation sites (tertiary alicyclic amines) is 1. The van der Waals surface area contributed by atoms with Crippen molar-refractivity contribution in [1.29, 1.82) is 0 Å². The number of piperidine rings is 1. The van der Waals surface area contributed by atoms with Crippen LogP contribution in [0.25, 0.3) is 0 Å². The maximum atomic E-state index is 5.51. The third kappa shape index (κ3) is 2.53. The lowest BCUT2D eigenvalue weighted by Crippen LogP contribution is -2.48. The quantitative estimate of drug-likeness (QED) is 0.837. The molecule has 1 aromatic heterocycles. The van der Waals surface area contributed by atoms with Crippen molar-refractivity contribution in [1.82, 2.24) is 14.5 Å². The fourth-order valence-corrected chi connectivity index (χ4v) is 4.69. The second-order valence-corrected chi connectivity index (χ2v) is 7.09. The molecule has 0 saturated carbocycles. The topological polar surface area (TPSA) is 30.3 Å². The summed E-state index contributed by atoms with van der Waals surface area (Å²) in [4.78, 5) is 7.53. The number of fused-ring (bicyclic) bond motifs is 3. The first-order valence-corrected chi connectivity index (χ1v) is 8.65. The Bertz CT molecular complexity index is 492. The Labute approximate surface area is 127 Å². The maximum Gasteiger partial charge on any atom is 0.0949 e. The molecule has 2 aliphatic heterocycles. The van der Waals surface area contributed by atoms with Crippen LogP contribution in [-0.2, 0) is 18.2 Å². The predicted octanol–water partition coefficient (Wildman–Crippen LogP) is 2.34. The Morgan fingerprint density at radius 3 is 2.95 bits per heavy atom. The monoisotopic (exact) mass is 289 g/mol. The van der Waals surface area contributed by atoms with Crippen LogP contribution in [0.3, 0.4) is 0 Å².